The predicted molar refractivity (Wildman–Crippen MR) is 107 cm³/mol. The summed E-state index contributed by atoms with van der Waals surface area (Å²) in [5, 5.41) is 0. The summed E-state index contributed by atoms with van der Waals surface area (Å²) < 4.78 is 0. The highest BCUT2D eigenvalue weighted by molar-refractivity contribution is 5.66. The molecule has 1 aliphatic rings. The van der Waals surface area contributed by atoms with Crippen LogP contribution in [0.1, 0.15) is 23.2 Å². The summed E-state index contributed by atoms with van der Waals surface area (Å²) in [5.74, 6) is 1.76. The van der Waals surface area contributed by atoms with Crippen molar-refractivity contribution in [1.82, 2.24) is 9.97 Å². The van der Waals surface area contributed by atoms with Gasteiger partial charge in [0.1, 0.15) is 5.82 Å². The van der Waals surface area contributed by atoms with E-state index in [2.05, 4.69) is 76.4 Å². The topological polar surface area (TPSA) is 32.3 Å². The highest BCUT2D eigenvalue weighted by atomic mass is 15.3. The Kier molecular flexibility index (Phi) is 4.57. The maximum Gasteiger partial charge on any atom is 0.227 e. The highest BCUT2D eigenvalue weighted by Crippen LogP contribution is 2.33. The predicted octanol–water partition coefficient (Wildman–Crippen LogP) is 4.51. The number of hydrogen-bond acceptors (Lipinski definition) is 4. The molecule has 132 valence electrons. The molecule has 2 aromatic carbocycles. The van der Waals surface area contributed by atoms with Gasteiger partial charge < -0.3 is 9.80 Å². The first-order valence-corrected chi connectivity index (χ1v) is 9.17. The van der Waals surface area contributed by atoms with Crippen molar-refractivity contribution in [2.45, 2.75) is 26.3 Å². The first-order chi connectivity index (χ1) is 12.7. The quantitative estimate of drug-likeness (QED) is 0.697. The second kappa shape index (κ2) is 7.16. The average Bonchev–Trinajstić information content (AvgIpc) is 2.68. The van der Waals surface area contributed by atoms with Crippen molar-refractivity contribution in [3.05, 3.63) is 77.5 Å². The van der Waals surface area contributed by atoms with Gasteiger partial charge in [-0.1, -0.05) is 48.5 Å². The second-order valence-corrected chi connectivity index (χ2v) is 6.89. The van der Waals surface area contributed by atoms with E-state index in [4.69, 9.17) is 4.98 Å². The summed E-state index contributed by atoms with van der Waals surface area (Å²) in [6.45, 7) is 3.83. The molecule has 0 spiro atoms. The fourth-order valence-electron chi connectivity index (χ4n) is 3.55. The Bertz CT molecular complexity index is 892. The van der Waals surface area contributed by atoms with Crippen molar-refractivity contribution in [3.8, 4) is 0 Å². The summed E-state index contributed by atoms with van der Waals surface area (Å²) in [7, 11) is 2.05. The van der Waals surface area contributed by atoms with Crippen LogP contribution in [0.15, 0.2) is 60.7 Å². The van der Waals surface area contributed by atoms with Crippen molar-refractivity contribution in [1.29, 1.82) is 0 Å². The van der Waals surface area contributed by atoms with E-state index in [-0.39, 0.29) is 0 Å². The first kappa shape index (κ1) is 16.6. The van der Waals surface area contributed by atoms with Gasteiger partial charge in [-0.3, -0.25) is 0 Å². The van der Waals surface area contributed by atoms with E-state index < -0.39 is 0 Å². The zero-order valence-corrected chi connectivity index (χ0v) is 15.4. The second-order valence-electron chi connectivity index (χ2n) is 6.89. The van der Waals surface area contributed by atoms with Gasteiger partial charge in [-0.2, -0.15) is 4.98 Å². The van der Waals surface area contributed by atoms with E-state index in [1.807, 2.05) is 13.0 Å². The molecule has 0 saturated carbocycles. The maximum absolute atomic E-state index is 4.89. The fourth-order valence-corrected chi connectivity index (χ4v) is 3.55. The third-order valence-electron chi connectivity index (χ3n) is 4.82. The SMILES string of the molecule is Cc1cc(N2CCCc3ccccc32)nc(N(C)Cc2ccccc2)n1. The van der Waals surface area contributed by atoms with Gasteiger partial charge in [0.2, 0.25) is 5.95 Å². The molecule has 0 bridgehead atoms. The summed E-state index contributed by atoms with van der Waals surface area (Å²) in [5.41, 5.74) is 4.92. The van der Waals surface area contributed by atoms with Crippen LogP contribution in [0.3, 0.4) is 0 Å². The Balaban J connectivity index is 1.65. The zero-order valence-electron chi connectivity index (χ0n) is 15.4. The van der Waals surface area contributed by atoms with Crippen molar-refractivity contribution in [2.75, 3.05) is 23.4 Å². The summed E-state index contributed by atoms with van der Waals surface area (Å²) in [4.78, 5) is 14.0. The Morgan fingerprint density at radius 2 is 1.77 bits per heavy atom. The number of para-hydroxylation sites is 1. The van der Waals surface area contributed by atoms with Crippen LogP contribution in [0.25, 0.3) is 0 Å². The van der Waals surface area contributed by atoms with Gasteiger partial charge in [0, 0.05) is 37.6 Å². The zero-order chi connectivity index (χ0) is 17.9. The van der Waals surface area contributed by atoms with Gasteiger partial charge in [-0.25, -0.2) is 4.98 Å². The number of aryl methyl sites for hydroxylation is 2. The average molecular weight is 344 g/mol. The summed E-state index contributed by atoms with van der Waals surface area (Å²) in [6.07, 6.45) is 2.28. The summed E-state index contributed by atoms with van der Waals surface area (Å²) >= 11 is 0. The van der Waals surface area contributed by atoms with Crippen LogP contribution in [-0.2, 0) is 13.0 Å². The van der Waals surface area contributed by atoms with E-state index >= 15 is 0 Å². The van der Waals surface area contributed by atoms with Crippen LogP contribution in [-0.4, -0.2) is 23.6 Å². The van der Waals surface area contributed by atoms with Crippen LogP contribution in [0.2, 0.25) is 0 Å². The van der Waals surface area contributed by atoms with Gasteiger partial charge in [0.05, 0.1) is 0 Å². The molecule has 0 fully saturated rings. The number of rotatable bonds is 4. The van der Waals surface area contributed by atoms with Gasteiger partial charge in [0.25, 0.3) is 0 Å². The van der Waals surface area contributed by atoms with Crippen LogP contribution in [0.4, 0.5) is 17.5 Å². The standard InChI is InChI=1S/C22H24N4/c1-17-15-21(26-14-8-12-19-11-6-7-13-20(19)26)24-22(23-17)25(2)16-18-9-4-3-5-10-18/h3-7,9-11,13,15H,8,12,14,16H2,1-2H3. The van der Waals surface area contributed by atoms with Crippen molar-refractivity contribution >= 4 is 17.5 Å². The van der Waals surface area contributed by atoms with Crippen LogP contribution >= 0.6 is 0 Å². The van der Waals surface area contributed by atoms with Crippen LogP contribution in [0, 0.1) is 6.92 Å². The smallest absolute Gasteiger partial charge is 0.227 e. The fraction of sp³-hybridized carbons (Fsp3) is 0.273. The molecule has 1 aliphatic heterocycles. The molecule has 2 heterocycles. The molecule has 26 heavy (non-hydrogen) atoms. The van der Waals surface area contributed by atoms with Crippen molar-refractivity contribution in [3.63, 3.8) is 0 Å². The van der Waals surface area contributed by atoms with Gasteiger partial charge in [-0.05, 0) is 37.0 Å². The van der Waals surface area contributed by atoms with Gasteiger partial charge >= 0.3 is 0 Å². The van der Waals surface area contributed by atoms with E-state index in [1.165, 1.54) is 16.8 Å². The molecule has 0 saturated heterocycles. The normalized spacial score (nSPS) is 13.4. The number of aromatic nitrogens is 2. The lowest BCUT2D eigenvalue weighted by Gasteiger charge is -2.31. The molecule has 0 N–H and O–H groups in total. The lowest BCUT2D eigenvalue weighted by atomic mass is 10.0. The Morgan fingerprint density at radius 1 is 1.00 bits per heavy atom. The van der Waals surface area contributed by atoms with Gasteiger partial charge in [-0.15, -0.1) is 0 Å². The molecular weight excluding hydrogens is 320 g/mol. The molecule has 4 heteroatoms. The molecule has 1 aromatic heterocycles. The van der Waals surface area contributed by atoms with Crippen molar-refractivity contribution < 1.29 is 0 Å². The highest BCUT2D eigenvalue weighted by Gasteiger charge is 2.20. The van der Waals surface area contributed by atoms with E-state index in [1.54, 1.807) is 0 Å². The minimum Gasteiger partial charge on any atom is -0.339 e. The number of nitrogens with zero attached hydrogens (tertiary/aromatic N) is 4. The lowest BCUT2D eigenvalue weighted by Crippen LogP contribution is -2.27. The Morgan fingerprint density at radius 3 is 2.62 bits per heavy atom. The summed E-state index contributed by atoms with van der Waals surface area (Å²) in [6, 6.07) is 21.2. The molecular formula is C22H24N4. The number of benzene rings is 2. The molecule has 0 atom stereocenters. The van der Waals surface area contributed by atoms with Crippen LogP contribution < -0.4 is 9.80 Å². The number of hydrogen-bond donors (Lipinski definition) is 0. The van der Waals surface area contributed by atoms with Crippen molar-refractivity contribution in [2.24, 2.45) is 0 Å². The molecule has 0 unspecified atom stereocenters. The van der Waals surface area contributed by atoms with Crippen LogP contribution in [0.5, 0.6) is 0 Å². The molecule has 0 amide bonds. The Hall–Kier alpha value is -2.88. The Labute approximate surface area is 155 Å². The third-order valence-corrected chi connectivity index (χ3v) is 4.82. The molecule has 4 nitrogen and oxygen atoms in total. The maximum atomic E-state index is 4.89. The number of anilines is 3. The third kappa shape index (κ3) is 3.40. The number of fused-ring (bicyclic) bond motifs is 1. The van der Waals surface area contributed by atoms with Gasteiger partial charge in [0.15, 0.2) is 0 Å². The largest absolute Gasteiger partial charge is 0.339 e. The minimum absolute atomic E-state index is 0.770. The molecule has 0 radical (unpaired) electrons. The first-order valence-electron chi connectivity index (χ1n) is 9.17. The van der Waals surface area contributed by atoms with E-state index in [0.29, 0.717) is 0 Å². The van der Waals surface area contributed by atoms with E-state index in [0.717, 1.165) is 43.4 Å². The van der Waals surface area contributed by atoms with E-state index in [9.17, 15) is 0 Å². The molecule has 4 rings (SSSR count). The minimum atomic E-state index is 0.770. The molecule has 0 aliphatic carbocycles. The lowest BCUT2D eigenvalue weighted by molar-refractivity contribution is 0.754. The molecule has 3 aromatic rings. The monoisotopic (exact) mass is 344 g/mol.